The van der Waals surface area contributed by atoms with Gasteiger partial charge in [0.15, 0.2) is 0 Å². The van der Waals surface area contributed by atoms with E-state index in [-0.39, 0.29) is 16.7 Å². The van der Waals surface area contributed by atoms with E-state index in [1.54, 1.807) is 0 Å². The summed E-state index contributed by atoms with van der Waals surface area (Å²) in [5.41, 5.74) is 0.437. The Labute approximate surface area is 192 Å². The fraction of sp³-hybridized carbons (Fsp3) is 0.667. The van der Waals surface area contributed by atoms with Gasteiger partial charge < -0.3 is 4.90 Å². The number of carbonyl (C=O) groups excluding carboxylic acids is 1. The molecule has 0 spiro atoms. The first kappa shape index (κ1) is 23.2. The molecule has 2 aliphatic heterocycles. The topological polar surface area (TPSA) is 84.7 Å². The third-order valence-corrected chi connectivity index (χ3v) is 9.26. The van der Waals surface area contributed by atoms with Crippen molar-refractivity contribution < 1.29 is 13.2 Å². The van der Waals surface area contributed by atoms with Gasteiger partial charge in [-0.1, -0.05) is 19.3 Å². The molecule has 3 aliphatic rings. The molecule has 3 fully saturated rings. The molecule has 7 nitrogen and oxygen atoms in total. The third kappa shape index (κ3) is 5.33. The number of piperidine rings is 1. The molecular formula is C24H34N4O3S. The highest BCUT2D eigenvalue weighted by Crippen LogP contribution is 2.27. The Morgan fingerprint density at radius 2 is 1.53 bits per heavy atom. The molecule has 2 heterocycles. The number of hydrogen-bond donors (Lipinski definition) is 0. The van der Waals surface area contributed by atoms with Crippen LogP contribution in [-0.4, -0.2) is 74.2 Å². The Bertz CT molecular complexity index is 919. The van der Waals surface area contributed by atoms with Crippen molar-refractivity contribution >= 4 is 15.9 Å². The third-order valence-electron chi connectivity index (χ3n) is 7.35. The first-order valence-corrected chi connectivity index (χ1v) is 13.4. The zero-order chi connectivity index (χ0) is 22.6. The molecule has 0 aromatic heterocycles. The van der Waals surface area contributed by atoms with Crippen LogP contribution < -0.4 is 0 Å². The molecule has 8 heteroatoms. The highest BCUT2D eigenvalue weighted by Gasteiger charge is 2.34. The van der Waals surface area contributed by atoms with Crippen molar-refractivity contribution in [2.75, 3.05) is 45.8 Å². The van der Waals surface area contributed by atoms with E-state index in [0.29, 0.717) is 31.5 Å². The number of rotatable bonds is 5. The predicted octanol–water partition coefficient (Wildman–Crippen LogP) is 2.68. The summed E-state index contributed by atoms with van der Waals surface area (Å²) in [4.78, 5) is 17.8. The number of amides is 1. The van der Waals surface area contributed by atoms with Gasteiger partial charge in [0.25, 0.3) is 0 Å². The molecule has 1 aliphatic carbocycles. The fourth-order valence-electron chi connectivity index (χ4n) is 5.34. The summed E-state index contributed by atoms with van der Waals surface area (Å²) in [5, 5.41) is 8.91. The molecule has 0 unspecified atom stereocenters. The molecule has 1 amide bonds. The van der Waals surface area contributed by atoms with Crippen molar-refractivity contribution in [1.29, 1.82) is 5.26 Å². The fourth-order valence-corrected chi connectivity index (χ4v) is 6.81. The van der Waals surface area contributed by atoms with Crippen molar-refractivity contribution in [1.82, 2.24) is 14.1 Å². The summed E-state index contributed by atoms with van der Waals surface area (Å²) in [6.07, 6.45) is 7.94. The van der Waals surface area contributed by atoms with E-state index in [1.165, 1.54) is 67.2 Å². The molecule has 0 atom stereocenters. The first-order chi connectivity index (χ1) is 15.5. The lowest BCUT2D eigenvalue weighted by Crippen LogP contribution is -2.52. The second-order valence-corrected chi connectivity index (χ2v) is 11.4. The van der Waals surface area contributed by atoms with Crippen LogP contribution in [-0.2, 0) is 14.8 Å². The smallest absolute Gasteiger partial charge is 0.243 e. The maximum absolute atomic E-state index is 13.1. The van der Waals surface area contributed by atoms with Crippen molar-refractivity contribution in [3.8, 4) is 6.07 Å². The van der Waals surface area contributed by atoms with Crippen LogP contribution in [0.2, 0.25) is 0 Å². The highest BCUT2D eigenvalue weighted by molar-refractivity contribution is 7.89. The van der Waals surface area contributed by atoms with Gasteiger partial charge in [0.2, 0.25) is 15.9 Å². The zero-order valence-corrected chi connectivity index (χ0v) is 19.6. The summed E-state index contributed by atoms with van der Waals surface area (Å²) >= 11 is 0. The minimum atomic E-state index is -3.59. The predicted molar refractivity (Wildman–Crippen MR) is 122 cm³/mol. The molecule has 2 saturated heterocycles. The lowest BCUT2D eigenvalue weighted by Gasteiger charge is -2.39. The molecule has 4 rings (SSSR count). The van der Waals surface area contributed by atoms with E-state index in [1.807, 2.05) is 11.0 Å². The van der Waals surface area contributed by atoms with Gasteiger partial charge in [-0.05, 0) is 55.9 Å². The molecule has 1 aromatic rings. The van der Waals surface area contributed by atoms with E-state index < -0.39 is 10.0 Å². The van der Waals surface area contributed by atoms with Gasteiger partial charge in [-0.25, -0.2) is 8.42 Å². The van der Waals surface area contributed by atoms with Crippen LogP contribution in [0.4, 0.5) is 0 Å². The second-order valence-electron chi connectivity index (χ2n) is 9.44. The monoisotopic (exact) mass is 458 g/mol. The van der Waals surface area contributed by atoms with Gasteiger partial charge in [0.1, 0.15) is 0 Å². The Morgan fingerprint density at radius 3 is 2.12 bits per heavy atom. The maximum atomic E-state index is 13.1. The molecule has 1 saturated carbocycles. The number of benzene rings is 1. The molecule has 0 bridgehead atoms. The average molecular weight is 459 g/mol. The van der Waals surface area contributed by atoms with E-state index >= 15 is 0 Å². The van der Waals surface area contributed by atoms with E-state index in [4.69, 9.17) is 5.26 Å². The van der Waals surface area contributed by atoms with Crippen molar-refractivity contribution in [3.63, 3.8) is 0 Å². The Balaban J connectivity index is 1.25. The second kappa shape index (κ2) is 10.3. The van der Waals surface area contributed by atoms with Gasteiger partial charge in [-0.15, -0.1) is 0 Å². The molecule has 0 radical (unpaired) electrons. The Morgan fingerprint density at radius 1 is 0.906 bits per heavy atom. The Kier molecular flexibility index (Phi) is 7.49. The van der Waals surface area contributed by atoms with Crippen LogP contribution in [0.25, 0.3) is 0 Å². The van der Waals surface area contributed by atoms with Crippen molar-refractivity contribution in [2.45, 2.75) is 49.8 Å². The number of hydrogen-bond acceptors (Lipinski definition) is 5. The molecule has 174 valence electrons. The van der Waals surface area contributed by atoms with E-state index in [9.17, 15) is 13.2 Å². The first-order valence-electron chi connectivity index (χ1n) is 12.0. The minimum Gasteiger partial charge on any atom is -0.340 e. The van der Waals surface area contributed by atoms with Crippen LogP contribution in [0.3, 0.4) is 0 Å². The van der Waals surface area contributed by atoms with Gasteiger partial charge in [-0.3, -0.25) is 9.69 Å². The lowest BCUT2D eigenvalue weighted by atomic mass is 9.89. The molecule has 1 aromatic carbocycles. The summed E-state index contributed by atoms with van der Waals surface area (Å²) in [5.74, 6) is 0.929. The van der Waals surface area contributed by atoms with Crippen LogP contribution in [0.1, 0.15) is 50.5 Å². The molecule has 32 heavy (non-hydrogen) atoms. The lowest BCUT2D eigenvalue weighted by molar-refractivity contribution is -0.138. The number of piperazine rings is 1. The van der Waals surface area contributed by atoms with Gasteiger partial charge in [-0.2, -0.15) is 9.57 Å². The zero-order valence-electron chi connectivity index (χ0n) is 18.8. The summed E-state index contributed by atoms with van der Waals surface area (Å²) in [6.45, 7) is 5.38. The Hall–Kier alpha value is -1.95. The van der Waals surface area contributed by atoms with Gasteiger partial charge >= 0.3 is 0 Å². The maximum Gasteiger partial charge on any atom is 0.243 e. The van der Waals surface area contributed by atoms with E-state index in [0.717, 1.165) is 32.1 Å². The van der Waals surface area contributed by atoms with Crippen molar-refractivity contribution in [3.05, 3.63) is 29.8 Å². The normalized spacial score (nSPS) is 22.5. The summed E-state index contributed by atoms with van der Waals surface area (Å²) in [7, 11) is -3.59. The molecular weight excluding hydrogens is 424 g/mol. The van der Waals surface area contributed by atoms with E-state index in [2.05, 4.69) is 4.90 Å². The molecule has 0 N–H and O–H groups in total. The summed E-state index contributed by atoms with van der Waals surface area (Å²) in [6, 6.07) is 8.02. The minimum absolute atomic E-state index is 0.0905. The number of sulfonamides is 1. The van der Waals surface area contributed by atoms with Gasteiger partial charge in [0.05, 0.1) is 16.5 Å². The van der Waals surface area contributed by atoms with Crippen LogP contribution in [0, 0.1) is 23.2 Å². The van der Waals surface area contributed by atoms with Gasteiger partial charge in [0, 0.05) is 51.7 Å². The largest absolute Gasteiger partial charge is 0.340 e. The van der Waals surface area contributed by atoms with Crippen molar-refractivity contribution in [2.24, 2.45) is 11.8 Å². The number of nitriles is 1. The summed E-state index contributed by atoms with van der Waals surface area (Å²) < 4.78 is 27.3. The van der Waals surface area contributed by atoms with Crippen LogP contribution >= 0.6 is 0 Å². The number of carbonyl (C=O) groups is 1. The average Bonchev–Trinajstić information content (AvgIpc) is 2.85. The standard InChI is InChI=1S/C24H34N4O3S/c25-18-20-6-8-23(9-7-20)32(30,31)28-12-10-22(11-13-28)24(29)27-16-14-26(15-17-27)19-21-4-2-1-3-5-21/h6-9,21-22H,1-5,10-17,19H2. The SMILES string of the molecule is N#Cc1ccc(S(=O)(=O)N2CCC(C(=O)N3CCN(CC4CCCCC4)CC3)CC2)cc1. The number of nitrogens with zero attached hydrogens (tertiary/aromatic N) is 4. The van der Waals surface area contributed by atoms with Crippen LogP contribution in [0.15, 0.2) is 29.2 Å². The highest BCUT2D eigenvalue weighted by atomic mass is 32.2. The van der Waals surface area contributed by atoms with Crippen LogP contribution in [0.5, 0.6) is 0 Å². The quantitative estimate of drug-likeness (QED) is 0.677.